The van der Waals surface area contributed by atoms with Gasteiger partial charge in [0.05, 0.1) is 4.90 Å². The molecule has 0 amide bonds. The van der Waals surface area contributed by atoms with Gasteiger partial charge in [0.1, 0.15) is 0 Å². The van der Waals surface area contributed by atoms with Gasteiger partial charge in [-0.1, -0.05) is 18.2 Å². The normalized spacial score (nSPS) is 11.6. The number of methoxy groups -OCH3 is 1. The molecule has 5 heteroatoms. The van der Waals surface area contributed by atoms with Gasteiger partial charge >= 0.3 is 0 Å². The largest absolute Gasteiger partial charge is 0.357 e. The van der Waals surface area contributed by atoms with Gasteiger partial charge in [0.25, 0.3) is 10.1 Å². The molecule has 1 rings (SSSR count). The minimum atomic E-state index is -3.68. The smallest absolute Gasteiger partial charge is 0.299 e. The van der Waals surface area contributed by atoms with Crippen LogP contribution in [0.1, 0.15) is 5.56 Å². The number of ether oxygens (including phenoxy) is 1. The van der Waals surface area contributed by atoms with Gasteiger partial charge in [-0.25, -0.2) is 4.18 Å². The van der Waals surface area contributed by atoms with Gasteiger partial charge in [-0.2, -0.15) is 8.42 Å². The van der Waals surface area contributed by atoms with Crippen LogP contribution >= 0.6 is 0 Å². The van der Waals surface area contributed by atoms with E-state index >= 15 is 0 Å². The van der Waals surface area contributed by atoms with E-state index < -0.39 is 10.1 Å². The van der Waals surface area contributed by atoms with Crippen LogP contribution in [0.15, 0.2) is 29.2 Å². The molecular weight excluding hydrogens is 204 g/mol. The zero-order valence-electron chi connectivity index (χ0n) is 8.06. The summed E-state index contributed by atoms with van der Waals surface area (Å²) in [5.41, 5.74) is 0.656. The van der Waals surface area contributed by atoms with E-state index in [0.29, 0.717) is 5.56 Å². The van der Waals surface area contributed by atoms with Crippen molar-refractivity contribution in [2.24, 2.45) is 0 Å². The summed E-state index contributed by atoms with van der Waals surface area (Å²) in [5.74, 6) is 0. The van der Waals surface area contributed by atoms with Crippen LogP contribution in [-0.2, 0) is 19.0 Å². The maximum Gasteiger partial charge on any atom is 0.299 e. The lowest BCUT2D eigenvalue weighted by molar-refractivity contribution is 0.0560. The summed E-state index contributed by atoms with van der Waals surface area (Å²) >= 11 is 0. The Labute approximate surface area is 83.6 Å². The second-order valence-corrected chi connectivity index (χ2v) is 4.33. The van der Waals surface area contributed by atoms with Gasteiger partial charge in [0.2, 0.25) is 0 Å². The lowest BCUT2D eigenvalue weighted by Crippen LogP contribution is -2.09. The van der Waals surface area contributed by atoms with Gasteiger partial charge in [0.15, 0.2) is 6.79 Å². The third kappa shape index (κ3) is 2.54. The summed E-state index contributed by atoms with van der Waals surface area (Å²) in [6.45, 7) is 1.44. The molecule has 1 aromatic carbocycles. The van der Waals surface area contributed by atoms with E-state index in [1.165, 1.54) is 13.2 Å². The summed E-state index contributed by atoms with van der Waals surface area (Å²) in [5, 5.41) is 0. The van der Waals surface area contributed by atoms with Crippen LogP contribution in [0, 0.1) is 6.92 Å². The predicted octanol–water partition coefficient (Wildman–Crippen LogP) is 1.30. The van der Waals surface area contributed by atoms with Crippen molar-refractivity contribution in [1.29, 1.82) is 0 Å². The molecule has 0 aliphatic rings. The van der Waals surface area contributed by atoms with Crippen molar-refractivity contribution in [2.45, 2.75) is 11.8 Å². The summed E-state index contributed by atoms with van der Waals surface area (Å²) < 4.78 is 32.2. The van der Waals surface area contributed by atoms with Gasteiger partial charge < -0.3 is 4.74 Å². The third-order valence-corrected chi connectivity index (χ3v) is 3.09. The van der Waals surface area contributed by atoms with Crippen molar-refractivity contribution in [1.82, 2.24) is 0 Å². The molecule has 0 aromatic heterocycles. The Morgan fingerprint density at radius 1 is 1.29 bits per heavy atom. The molecule has 0 radical (unpaired) electrons. The highest BCUT2D eigenvalue weighted by atomic mass is 32.2. The Morgan fingerprint density at radius 3 is 2.50 bits per heavy atom. The van der Waals surface area contributed by atoms with Crippen molar-refractivity contribution in [3.63, 3.8) is 0 Å². The lowest BCUT2D eigenvalue weighted by Gasteiger charge is -2.06. The molecule has 4 nitrogen and oxygen atoms in total. The fourth-order valence-electron chi connectivity index (χ4n) is 1.01. The van der Waals surface area contributed by atoms with Crippen molar-refractivity contribution in [3.05, 3.63) is 29.8 Å². The van der Waals surface area contributed by atoms with E-state index in [1.54, 1.807) is 25.1 Å². The molecule has 0 atom stereocenters. The summed E-state index contributed by atoms with van der Waals surface area (Å²) in [6.07, 6.45) is 0. The molecule has 0 spiro atoms. The van der Waals surface area contributed by atoms with E-state index in [1.807, 2.05) is 0 Å². The van der Waals surface area contributed by atoms with Gasteiger partial charge in [-0.05, 0) is 18.6 Å². The molecule has 0 fully saturated rings. The van der Waals surface area contributed by atoms with Crippen LogP contribution in [0.2, 0.25) is 0 Å². The van der Waals surface area contributed by atoms with Crippen molar-refractivity contribution >= 4 is 10.1 Å². The molecule has 0 saturated carbocycles. The highest BCUT2D eigenvalue weighted by Crippen LogP contribution is 2.16. The quantitative estimate of drug-likeness (QED) is 0.562. The second kappa shape index (κ2) is 4.54. The minimum Gasteiger partial charge on any atom is -0.357 e. The van der Waals surface area contributed by atoms with Crippen LogP contribution in [0.4, 0.5) is 0 Å². The highest BCUT2D eigenvalue weighted by molar-refractivity contribution is 7.86. The average molecular weight is 216 g/mol. The highest BCUT2D eigenvalue weighted by Gasteiger charge is 2.16. The van der Waals surface area contributed by atoms with E-state index in [2.05, 4.69) is 8.92 Å². The predicted molar refractivity (Wildman–Crippen MR) is 51.3 cm³/mol. The van der Waals surface area contributed by atoms with Crippen molar-refractivity contribution in [2.75, 3.05) is 13.9 Å². The Bertz CT molecular complexity index is 397. The first-order chi connectivity index (χ1) is 6.58. The van der Waals surface area contributed by atoms with Crippen LogP contribution in [0.5, 0.6) is 0 Å². The zero-order valence-corrected chi connectivity index (χ0v) is 8.87. The van der Waals surface area contributed by atoms with Crippen LogP contribution < -0.4 is 0 Å². The Morgan fingerprint density at radius 2 is 1.93 bits per heavy atom. The molecule has 0 aliphatic heterocycles. The maximum absolute atomic E-state index is 11.5. The molecule has 14 heavy (non-hydrogen) atoms. The van der Waals surface area contributed by atoms with Crippen LogP contribution in [0.3, 0.4) is 0 Å². The molecule has 0 bridgehead atoms. The number of benzene rings is 1. The minimum absolute atomic E-state index is 0.178. The SMILES string of the molecule is COCOS(=O)(=O)c1ccccc1C. The molecule has 0 heterocycles. The monoisotopic (exact) mass is 216 g/mol. The van der Waals surface area contributed by atoms with Gasteiger partial charge in [-0.15, -0.1) is 0 Å². The van der Waals surface area contributed by atoms with Gasteiger partial charge in [0, 0.05) is 7.11 Å². The Hall–Kier alpha value is -0.910. The molecule has 1 aromatic rings. The Balaban J connectivity index is 2.99. The molecule has 0 unspecified atom stereocenters. The lowest BCUT2D eigenvalue weighted by atomic mass is 10.2. The number of hydrogen-bond acceptors (Lipinski definition) is 4. The van der Waals surface area contributed by atoms with Gasteiger partial charge in [-0.3, -0.25) is 0 Å². The van der Waals surface area contributed by atoms with E-state index in [-0.39, 0.29) is 11.7 Å². The first-order valence-corrected chi connectivity index (χ1v) is 5.43. The van der Waals surface area contributed by atoms with Crippen molar-refractivity contribution < 1.29 is 17.3 Å². The van der Waals surface area contributed by atoms with E-state index in [4.69, 9.17) is 0 Å². The topological polar surface area (TPSA) is 52.6 Å². The number of rotatable bonds is 4. The first-order valence-electron chi connectivity index (χ1n) is 4.02. The average Bonchev–Trinajstić information content (AvgIpc) is 2.15. The standard InChI is InChI=1S/C9H12O4S/c1-8-5-3-4-6-9(8)14(10,11)13-7-12-2/h3-6H,7H2,1-2H3. The fraction of sp³-hybridized carbons (Fsp3) is 0.333. The van der Waals surface area contributed by atoms with Crippen molar-refractivity contribution in [3.8, 4) is 0 Å². The molecular formula is C9H12O4S. The zero-order chi connectivity index (χ0) is 10.6. The number of aryl methyl sites for hydroxylation is 1. The summed E-state index contributed by atoms with van der Waals surface area (Å²) in [4.78, 5) is 0.178. The Kier molecular flexibility index (Phi) is 3.62. The third-order valence-electron chi connectivity index (χ3n) is 1.68. The second-order valence-electron chi connectivity index (χ2n) is 2.74. The molecule has 0 saturated heterocycles. The summed E-state index contributed by atoms with van der Waals surface area (Å²) in [6, 6.07) is 6.63. The van der Waals surface area contributed by atoms with Crippen LogP contribution in [-0.4, -0.2) is 22.3 Å². The summed E-state index contributed by atoms with van der Waals surface area (Å²) in [7, 11) is -2.31. The number of hydrogen-bond donors (Lipinski definition) is 0. The fourth-order valence-corrected chi connectivity index (χ4v) is 2.07. The van der Waals surface area contributed by atoms with Crippen LogP contribution in [0.25, 0.3) is 0 Å². The molecule has 0 aliphatic carbocycles. The van der Waals surface area contributed by atoms with E-state index in [9.17, 15) is 8.42 Å². The van der Waals surface area contributed by atoms with E-state index in [0.717, 1.165) is 0 Å². The first kappa shape index (κ1) is 11.2. The molecule has 0 N–H and O–H groups in total. The molecule has 78 valence electrons. The maximum atomic E-state index is 11.5.